The number of nitrogens with one attached hydrogen (secondary N) is 1. The summed E-state index contributed by atoms with van der Waals surface area (Å²) in [5.74, 6) is -1.02. The molecule has 0 aliphatic carbocycles. The van der Waals surface area contributed by atoms with Gasteiger partial charge in [-0.2, -0.15) is 0 Å². The Hall–Kier alpha value is -2.11. The van der Waals surface area contributed by atoms with E-state index in [0.717, 1.165) is 12.8 Å². The van der Waals surface area contributed by atoms with Crippen LogP contribution in [0.3, 0.4) is 0 Å². The van der Waals surface area contributed by atoms with E-state index in [4.69, 9.17) is 5.73 Å². The Morgan fingerprint density at radius 2 is 2.00 bits per heavy atom. The maximum Gasteiger partial charge on any atom is 0.321 e. The van der Waals surface area contributed by atoms with E-state index in [9.17, 15) is 14.0 Å². The first-order valence-corrected chi connectivity index (χ1v) is 6.17. The second-order valence-corrected chi connectivity index (χ2v) is 4.62. The Labute approximate surface area is 110 Å². The van der Waals surface area contributed by atoms with E-state index in [0.29, 0.717) is 18.8 Å². The average Bonchev–Trinajstić information content (AvgIpc) is 2.41. The van der Waals surface area contributed by atoms with Gasteiger partial charge in [0.15, 0.2) is 0 Å². The van der Waals surface area contributed by atoms with Crippen molar-refractivity contribution in [3.8, 4) is 0 Å². The van der Waals surface area contributed by atoms with Gasteiger partial charge < -0.3 is 16.0 Å². The number of halogens is 1. The summed E-state index contributed by atoms with van der Waals surface area (Å²) in [5, 5.41) is 2.67. The molecule has 1 unspecified atom stereocenters. The van der Waals surface area contributed by atoms with Crippen LogP contribution >= 0.6 is 0 Å². The van der Waals surface area contributed by atoms with E-state index in [1.807, 2.05) is 0 Å². The molecular formula is C13H16FN3O2. The van der Waals surface area contributed by atoms with Crippen molar-refractivity contribution in [3.63, 3.8) is 0 Å². The number of nitrogens with zero attached hydrogens (tertiary/aromatic N) is 1. The summed E-state index contributed by atoms with van der Waals surface area (Å²) < 4.78 is 12.7. The summed E-state index contributed by atoms with van der Waals surface area (Å²) in [7, 11) is 0. The molecule has 1 saturated heterocycles. The molecule has 0 saturated carbocycles. The molecule has 1 aliphatic heterocycles. The molecule has 0 bridgehead atoms. The molecule has 1 fully saturated rings. The zero-order valence-corrected chi connectivity index (χ0v) is 10.4. The SMILES string of the molecule is NC(=O)C1CCCN(C(=O)Nc2ccc(F)cc2)C1. The number of anilines is 1. The van der Waals surface area contributed by atoms with Crippen molar-refractivity contribution in [1.29, 1.82) is 0 Å². The van der Waals surface area contributed by atoms with Crippen LogP contribution in [-0.4, -0.2) is 29.9 Å². The lowest BCUT2D eigenvalue weighted by molar-refractivity contribution is -0.123. The first kappa shape index (κ1) is 13.3. The van der Waals surface area contributed by atoms with Gasteiger partial charge in [-0.05, 0) is 37.1 Å². The normalized spacial score (nSPS) is 19.0. The van der Waals surface area contributed by atoms with Crippen molar-refractivity contribution in [3.05, 3.63) is 30.1 Å². The molecule has 19 heavy (non-hydrogen) atoms. The van der Waals surface area contributed by atoms with Crippen molar-refractivity contribution in [2.45, 2.75) is 12.8 Å². The molecule has 5 nitrogen and oxygen atoms in total. The molecule has 6 heteroatoms. The maximum atomic E-state index is 12.7. The molecule has 1 heterocycles. The number of amides is 3. The fraction of sp³-hybridized carbons (Fsp3) is 0.385. The van der Waals surface area contributed by atoms with Gasteiger partial charge in [0.05, 0.1) is 5.92 Å². The molecule has 3 amide bonds. The van der Waals surface area contributed by atoms with Gasteiger partial charge in [0.25, 0.3) is 0 Å². The van der Waals surface area contributed by atoms with Crippen LogP contribution < -0.4 is 11.1 Å². The highest BCUT2D eigenvalue weighted by Gasteiger charge is 2.26. The topological polar surface area (TPSA) is 75.4 Å². The molecule has 1 aromatic carbocycles. The molecule has 0 radical (unpaired) electrons. The van der Waals surface area contributed by atoms with Gasteiger partial charge in [-0.1, -0.05) is 0 Å². The lowest BCUT2D eigenvalue weighted by atomic mass is 9.98. The van der Waals surface area contributed by atoms with Gasteiger partial charge in [-0.15, -0.1) is 0 Å². The van der Waals surface area contributed by atoms with Crippen LogP contribution in [0.2, 0.25) is 0 Å². The van der Waals surface area contributed by atoms with Crippen molar-refractivity contribution < 1.29 is 14.0 Å². The molecular weight excluding hydrogens is 249 g/mol. The summed E-state index contributed by atoms with van der Waals surface area (Å²) in [6.07, 6.45) is 1.47. The molecule has 102 valence electrons. The van der Waals surface area contributed by atoms with Gasteiger partial charge in [0.2, 0.25) is 5.91 Å². The van der Waals surface area contributed by atoms with Crippen LogP contribution in [0.5, 0.6) is 0 Å². The summed E-state index contributed by atoms with van der Waals surface area (Å²) in [6.45, 7) is 0.930. The number of hydrogen-bond acceptors (Lipinski definition) is 2. The number of carbonyl (C=O) groups excluding carboxylic acids is 2. The standard InChI is InChI=1S/C13H16FN3O2/c14-10-3-5-11(6-4-10)16-13(19)17-7-1-2-9(8-17)12(15)18/h3-6,9H,1-2,7-8H2,(H2,15,18)(H,16,19). The minimum Gasteiger partial charge on any atom is -0.369 e. The van der Waals surface area contributed by atoms with E-state index >= 15 is 0 Å². The number of benzene rings is 1. The highest BCUT2D eigenvalue weighted by Crippen LogP contribution is 2.17. The van der Waals surface area contributed by atoms with E-state index in [-0.39, 0.29) is 23.7 Å². The van der Waals surface area contributed by atoms with Crippen LogP contribution in [-0.2, 0) is 4.79 Å². The number of nitrogens with two attached hydrogens (primary N) is 1. The third-order valence-electron chi connectivity index (χ3n) is 3.21. The number of piperidine rings is 1. The van der Waals surface area contributed by atoms with E-state index in [2.05, 4.69) is 5.32 Å². The number of rotatable bonds is 2. The van der Waals surface area contributed by atoms with Crippen molar-refractivity contribution in [2.24, 2.45) is 11.7 Å². The van der Waals surface area contributed by atoms with Gasteiger partial charge in [0.1, 0.15) is 5.82 Å². The first-order valence-electron chi connectivity index (χ1n) is 6.17. The lowest BCUT2D eigenvalue weighted by Crippen LogP contribution is -2.45. The molecule has 2 rings (SSSR count). The van der Waals surface area contributed by atoms with Crippen LogP contribution in [0, 0.1) is 11.7 Å². The number of urea groups is 1. The number of primary amides is 1. The number of carbonyl (C=O) groups is 2. The Bertz CT molecular complexity index is 475. The van der Waals surface area contributed by atoms with Crippen molar-refractivity contribution in [1.82, 2.24) is 4.90 Å². The zero-order valence-electron chi connectivity index (χ0n) is 10.4. The summed E-state index contributed by atoms with van der Waals surface area (Å²) in [4.78, 5) is 24.7. The fourth-order valence-corrected chi connectivity index (χ4v) is 2.13. The van der Waals surface area contributed by atoms with Gasteiger partial charge >= 0.3 is 6.03 Å². The van der Waals surface area contributed by atoms with Gasteiger partial charge in [-0.25, -0.2) is 9.18 Å². The summed E-state index contributed by atoms with van der Waals surface area (Å²) in [5.41, 5.74) is 5.78. The second-order valence-electron chi connectivity index (χ2n) is 4.62. The predicted octanol–water partition coefficient (Wildman–Crippen LogP) is 1.55. The van der Waals surface area contributed by atoms with Crippen LogP contribution in [0.15, 0.2) is 24.3 Å². The third-order valence-corrected chi connectivity index (χ3v) is 3.21. The Balaban J connectivity index is 1.96. The molecule has 1 aliphatic rings. The largest absolute Gasteiger partial charge is 0.369 e. The Morgan fingerprint density at radius 1 is 1.32 bits per heavy atom. The monoisotopic (exact) mass is 265 g/mol. The summed E-state index contributed by atoms with van der Waals surface area (Å²) >= 11 is 0. The second kappa shape index (κ2) is 5.69. The Kier molecular flexibility index (Phi) is 3.99. The minimum absolute atomic E-state index is 0.285. The zero-order chi connectivity index (χ0) is 13.8. The van der Waals surface area contributed by atoms with E-state index < -0.39 is 0 Å². The molecule has 0 aromatic heterocycles. The Morgan fingerprint density at radius 3 is 2.63 bits per heavy atom. The lowest BCUT2D eigenvalue weighted by Gasteiger charge is -2.31. The third kappa shape index (κ3) is 3.43. The first-order chi connectivity index (χ1) is 9.06. The summed E-state index contributed by atoms with van der Waals surface area (Å²) in [6, 6.07) is 5.24. The average molecular weight is 265 g/mol. The van der Waals surface area contributed by atoms with Crippen molar-refractivity contribution in [2.75, 3.05) is 18.4 Å². The number of hydrogen-bond donors (Lipinski definition) is 2. The number of likely N-dealkylation sites (tertiary alicyclic amines) is 1. The van der Waals surface area contributed by atoms with Crippen LogP contribution in [0.4, 0.5) is 14.9 Å². The quantitative estimate of drug-likeness (QED) is 0.851. The molecule has 1 atom stereocenters. The fourth-order valence-electron chi connectivity index (χ4n) is 2.13. The van der Waals surface area contributed by atoms with Crippen LogP contribution in [0.1, 0.15) is 12.8 Å². The predicted molar refractivity (Wildman–Crippen MR) is 68.9 cm³/mol. The smallest absolute Gasteiger partial charge is 0.321 e. The highest BCUT2D eigenvalue weighted by atomic mass is 19.1. The maximum absolute atomic E-state index is 12.7. The van der Waals surface area contributed by atoms with Gasteiger partial charge in [-0.3, -0.25) is 4.79 Å². The molecule has 3 N–H and O–H groups in total. The van der Waals surface area contributed by atoms with E-state index in [1.54, 1.807) is 4.90 Å². The van der Waals surface area contributed by atoms with Gasteiger partial charge in [0, 0.05) is 18.8 Å². The van der Waals surface area contributed by atoms with Crippen molar-refractivity contribution >= 4 is 17.6 Å². The highest BCUT2D eigenvalue weighted by molar-refractivity contribution is 5.90. The van der Waals surface area contributed by atoms with Crippen LogP contribution in [0.25, 0.3) is 0 Å². The minimum atomic E-state index is -0.376. The van der Waals surface area contributed by atoms with E-state index in [1.165, 1.54) is 24.3 Å². The molecule has 0 spiro atoms. The molecule has 1 aromatic rings.